The average Bonchev–Trinajstić information content (AvgIpc) is 3.09. The van der Waals surface area contributed by atoms with Crippen molar-refractivity contribution in [2.24, 2.45) is 0 Å². The number of hydrogen-bond donors (Lipinski definition) is 1. The van der Waals surface area contributed by atoms with E-state index in [9.17, 15) is 9.59 Å². The molecule has 1 amide bonds. The zero-order valence-electron chi connectivity index (χ0n) is 13.9. The maximum atomic E-state index is 12.5. The minimum Gasteiger partial charge on any atom is -0.341 e. The maximum Gasteiger partial charge on any atom is 0.259 e. The number of ketones is 1. The molecule has 0 bridgehead atoms. The third-order valence-corrected chi connectivity index (χ3v) is 4.13. The highest BCUT2D eigenvalue weighted by Crippen LogP contribution is 2.18. The van der Waals surface area contributed by atoms with E-state index in [0.29, 0.717) is 28.5 Å². The van der Waals surface area contributed by atoms with Gasteiger partial charge in [-0.3, -0.25) is 9.59 Å². The molecule has 1 aliphatic rings. The highest BCUT2D eigenvalue weighted by Gasteiger charge is 2.18. The number of aromatic nitrogens is 2. The molecule has 1 aromatic carbocycles. The number of carbonyl (C=O) groups is 2. The number of hydrogen-bond acceptors (Lipinski definition) is 5. The molecule has 2 aromatic rings. The molecule has 0 spiro atoms. The number of nitrogens with zero attached hydrogens (tertiary/aromatic N) is 3. The first-order chi connectivity index (χ1) is 11.5. The van der Waals surface area contributed by atoms with Crippen LogP contribution in [0, 0.1) is 6.92 Å². The standard InChI is InChI=1S/C18H20N4O2/c1-12-16(11-19-18(20-12)22-8-3-4-9-22)17(24)21-15-7-5-6-14(10-15)13(2)23/h5-7,10-11H,3-4,8-9H2,1-2H3,(H,21,24). The van der Waals surface area contributed by atoms with E-state index < -0.39 is 0 Å². The minimum atomic E-state index is -0.277. The number of anilines is 2. The Labute approximate surface area is 140 Å². The smallest absolute Gasteiger partial charge is 0.259 e. The van der Waals surface area contributed by atoms with Crippen molar-refractivity contribution in [2.45, 2.75) is 26.7 Å². The van der Waals surface area contributed by atoms with Crippen LogP contribution >= 0.6 is 0 Å². The Bertz CT molecular complexity index is 782. The number of rotatable bonds is 4. The first-order valence-electron chi connectivity index (χ1n) is 8.05. The van der Waals surface area contributed by atoms with Gasteiger partial charge in [-0.2, -0.15) is 0 Å². The van der Waals surface area contributed by atoms with Gasteiger partial charge in [-0.25, -0.2) is 9.97 Å². The summed E-state index contributed by atoms with van der Waals surface area (Å²) in [6, 6.07) is 6.87. The van der Waals surface area contributed by atoms with Crippen molar-refractivity contribution in [2.75, 3.05) is 23.3 Å². The molecule has 1 saturated heterocycles. The summed E-state index contributed by atoms with van der Waals surface area (Å²) in [4.78, 5) is 34.8. The summed E-state index contributed by atoms with van der Waals surface area (Å²) in [6.07, 6.45) is 3.87. The van der Waals surface area contributed by atoms with Gasteiger partial charge in [0.15, 0.2) is 5.78 Å². The van der Waals surface area contributed by atoms with E-state index in [2.05, 4.69) is 20.2 Å². The highest BCUT2D eigenvalue weighted by molar-refractivity contribution is 6.05. The quantitative estimate of drug-likeness (QED) is 0.875. The van der Waals surface area contributed by atoms with Crippen molar-refractivity contribution in [3.05, 3.63) is 47.3 Å². The molecule has 0 aliphatic carbocycles. The predicted molar refractivity (Wildman–Crippen MR) is 92.6 cm³/mol. The number of aryl methyl sites for hydroxylation is 1. The van der Waals surface area contributed by atoms with E-state index in [-0.39, 0.29) is 11.7 Å². The normalized spacial score (nSPS) is 13.8. The fourth-order valence-corrected chi connectivity index (χ4v) is 2.76. The third-order valence-electron chi connectivity index (χ3n) is 4.13. The van der Waals surface area contributed by atoms with Gasteiger partial charge < -0.3 is 10.2 Å². The van der Waals surface area contributed by atoms with Crippen molar-refractivity contribution < 1.29 is 9.59 Å². The van der Waals surface area contributed by atoms with Crippen molar-refractivity contribution in [1.82, 2.24) is 9.97 Å². The number of amides is 1. The van der Waals surface area contributed by atoms with Crippen molar-refractivity contribution in [3.8, 4) is 0 Å². The summed E-state index contributed by atoms with van der Waals surface area (Å²) in [5, 5.41) is 2.80. The molecule has 1 aromatic heterocycles. The molecule has 0 atom stereocenters. The second-order valence-corrected chi connectivity index (χ2v) is 5.95. The molecular weight excluding hydrogens is 304 g/mol. The van der Waals surface area contributed by atoms with E-state index in [0.717, 1.165) is 25.9 Å². The first-order valence-corrected chi connectivity index (χ1v) is 8.05. The number of Topliss-reactive ketones (excluding diaryl/α,β-unsaturated/α-hetero) is 1. The van der Waals surface area contributed by atoms with Gasteiger partial charge in [0.1, 0.15) is 0 Å². The van der Waals surface area contributed by atoms with Crippen molar-refractivity contribution in [1.29, 1.82) is 0 Å². The van der Waals surface area contributed by atoms with Crippen LogP contribution in [0.5, 0.6) is 0 Å². The topological polar surface area (TPSA) is 75.2 Å². The highest BCUT2D eigenvalue weighted by atomic mass is 16.1. The number of nitrogens with one attached hydrogen (secondary N) is 1. The lowest BCUT2D eigenvalue weighted by molar-refractivity contribution is 0.101. The van der Waals surface area contributed by atoms with E-state index >= 15 is 0 Å². The van der Waals surface area contributed by atoms with Crippen LogP contribution in [0.2, 0.25) is 0 Å². The van der Waals surface area contributed by atoms with Gasteiger partial charge in [0, 0.05) is 30.5 Å². The Morgan fingerprint density at radius 2 is 1.96 bits per heavy atom. The lowest BCUT2D eigenvalue weighted by Gasteiger charge is -2.16. The molecule has 0 saturated carbocycles. The van der Waals surface area contributed by atoms with Crippen LogP contribution in [0.3, 0.4) is 0 Å². The maximum absolute atomic E-state index is 12.5. The monoisotopic (exact) mass is 324 g/mol. The number of carbonyl (C=O) groups excluding carboxylic acids is 2. The summed E-state index contributed by atoms with van der Waals surface area (Å²) >= 11 is 0. The molecule has 6 heteroatoms. The van der Waals surface area contributed by atoms with E-state index in [1.54, 1.807) is 30.5 Å². The zero-order valence-corrected chi connectivity index (χ0v) is 13.9. The van der Waals surface area contributed by atoms with E-state index in [1.165, 1.54) is 6.92 Å². The summed E-state index contributed by atoms with van der Waals surface area (Å²) in [6.45, 7) is 5.23. The summed E-state index contributed by atoms with van der Waals surface area (Å²) in [5.74, 6) is 0.363. The molecule has 3 rings (SSSR count). The van der Waals surface area contributed by atoms with Crippen LogP contribution < -0.4 is 10.2 Å². The van der Waals surface area contributed by atoms with Gasteiger partial charge >= 0.3 is 0 Å². The van der Waals surface area contributed by atoms with Crippen molar-refractivity contribution in [3.63, 3.8) is 0 Å². The Kier molecular flexibility index (Phi) is 4.55. The molecule has 6 nitrogen and oxygen atoms in total. The van der Waals surface area contributed by atoms with Crippen LogP contribution in [0.25, 0.3) is 0 Å². The van der Waals surface area contributed by atoms with Crippen LogP contribution in [0.4, 0.5) is 11.6 Å². The Hall–Kier alpha value is -2.76. The lowest BCUT2D eigenvalue weighted by Crippen LogP contribution is -2.22. The largest absolute Gasteiger partial charge is 0.341 e. The van der Waals surface area contributed by atoms with Crippen LogP contribution in [0.15, 0.2) is 30.5 Å². The Morgan fingerprint density at radius 1 is 1.21 bits per heavy atom. The molecular formula is C18H20N4O2. The van der Waals surface area contributed by atoms with Crippen LogP contribution in [-0.4, -0.2) is 34.7 Å². The summed E-state index contributed by atoms with van der Waals surface area (Å²) in [7, 11) is 0. The molecule has 1 fully saturated rings. The van der Waals surface area contributed by atoms with Crippen LogP contribution in [0.1, 0.15) is 46.2 Å². The molecule has 1 N–H and O–H groups in total. The van der Waals surface area contributed by atoms with Gasteiger partial charge in [0.25, 0.3) is 5.91 Å². The fraction of sp³-hybridized carbons (Fsp3) is 0.333. The minimum absolute atomic E-state index is 0.0411. The SMILES string of the molecule is CC(=O)c1cccc(NC(=O)c2cnc(N3CCCC3)nc2C)c1. The predicted octanol–water partition coefficient (Wildman–Crippen LogP) is 2.84. The zero-order chi connectivity index (χ0) is 17.1. The average molecular weight is 324 g/mol. The molecule has 0 radical (unpaired) electrons. The van der Waals surface area contributed by atoms with E-state index in [1.807, 2.05) is 6.92 Å². The van der Waals surface area contributed by atoms with Gasteiger partial charge in [-0.05, 0) is 38.8 Å². The third kappa shape index (κ3) is 3.42. The van der Waals surface area contributed by atoms with Crippen molar-refractivity contribution >= 4 is 23.3 Å². The van der Waals surface area contributed by atoms with Crippen LogP contribution in [-0.2, 0) is 0 Å². The molecule has 0 unspecified atom stereocenters. The second-order valence-electron chi connectivity index (χ2n) is 5.95. The molecule has 124 valence electrons. The van der Waals surface area contributed by atoms with Gasteiger partial charge in [-0.1, -0.05) is 12.1 Å². The summed E-state index contributed by atoms with van der Waals surface area (Å²) in [5.41, 5.74) is 2.22. The number of benzene rings is 1. The molecule has 2 heterocycles. The Morgan fingerprint density at radius 3 is 2.62 bits per heavy atom. The fourth-order valence-electron chi connectivity index (χ4n) is 2.76. The molecule has 1 aliphatic heterocycles. The Balaban J connectivity index is 1.77. The lowest BCUT2D eigenvalue weighted by atomic mass is 10.1. The molecule has 24 heavy (non-hydrogen) atoms. The first kappa shape index (κ1) is 16.1. The van der Waals surface area contributed by atoms with Gasteiger partial charge in [0.05, 0.1) is 11.3 Å². The van der Waals surface area contributed by atoms with E-state index in [4.69, 9.17) is 0 Å². The second kappa shape index (κ2) is 6.78. The van der Waals surface area contributed by atoms with Gasteiger partial charge in [-0.15, -0.1) is 0 Å². The van der Waals surface area contributed by atoms with Gasteiger partial charge in [0.2, 0.25) is 5.95 Å². The summed E-state index contributed by atoms with van der Waals surface area (Å²) < 4.78 is 0.